The normalized spacial score (nSPS) is 15.4. The van der Waals surface area contributed by atoms with Gasteiger partial charge in [-0.25, -0.2) is 0 Å². The summed E-state index contributed by atoms with van der Waals surface area (Å²) in [6.45, 7) is 5.98. The molecule has 1 N–H and O–H groups in total. The van der Waals surface area contributed by atoms with Gasteiger partial charge in [-0.1, -0.05) is 24.3 Å². The molecular weight excluding hydrogens is 360 g/mol. The number of benzene rings is 2. The molecule has 0 aromatic heterocycles. The van der Waals surface area contributed by atoms with Crippen LogP contribution in [-0.2, 0) is 13.2 Å². The van der Waals surface area contributed by atoms with Gasteiger partial charge in [0.05, 0.1) is 11.6 Å². The fourth-order valence-electron chi connectivity index (χ4n) is 3.61. The zero-order chi connectivity index (χ0) is 20.5. The first-order chi connectivity index (χ1) is 14.1. The number of nitriles is 1. The summed E-state index contributed by atoms with van der Waals surface area (Å²) in [5.41, 5.74) is 2.91. The number of hydrogen-bond acceptors (Lipinski definition) is 5. The first kappa shape index (κ1) is 21.3. The monoisotopic (exact) mass is 392 g/mol. The van der Waals surface area contributed by atoms with Crippen LogP contribution in [0.1, 0.15) is 29.5 Å². The summed E-state index contributed by atoms with van der Waals surface area (Å²) in [4.78, 5) is 4.81. The van der Waals surface area contributed by atoms with E-state index < -0.39 is 0 Å². The Hall–Kier alpha value is -2.39. The molecule has 5 heteroatoms. The number of hydrogen-bond donors (Lipinski definition) is 1. The topological polar surface area (TPSA) is 51.5 Å². The quantitative estimate of drug-likeness (QED) is 0.710. The number of piperidine rings is 1. The lowest BCUT2D eigenvalue weighted by molar-refractivity contribution is 0.182. The molecule has 1 saturated heterocycles. The van der Waals surface area contributed by atoms with Crippen LogP contribution < -0.4 is 10.1 Å². The summed E-state index contributed by atoms with van der Waals surface area (Å²) in [6.07, 6.45) is 2.41. The van der Waals surface area contributed by atoms with Crippen LogP contribution in [-0.4, -0.2) is 56.1 Å². The predicted molar refractivity (Wildman–Crippen MR) is 117 cm³/mol. The van der Waals surface area contributed by atoms with E-state index in [1.54, 1.807) is 0 Å². The van der Waals surface area contributed by atoms with Crippen molar-refractivity contribution in [1.29, 1.82) is 5.26 Å². The minimum Gasteiger partial charge on any atom is -0.489 e. The molecule has 1 fully saturated rings. The van der Waals surface area contributed by atoms with Crippen molar-refractivity contribution in [2.45, 2.75) is 32.0 Å². The molecule has 154 valence electrons. The Morgan fingerprint density at radius 1 is 1.10 bits per heavy atom. The van der Waals surface area contributed by atoms with Crippen molar-refractivity contribution in [1.82, 2.24) is 15.1 Å². The third-order valence-electron chi connectivity index (χ3n) is 5.41. The Balaban J connectivity index is 1.42. The fraction of sp³-hybridized carbons (Fsp3) is 0.458. The van der Waals surface area contributed by atoms with Gasteiger partial charge in [0.15, 0.2) is 0 Å². The van der Waals surface area contributed by atoms with Crippen molar-refractivity contribution in [2.75, 3.05) is 40.3 Å². The summed E-state index contributed by atoms with van der Waals surface area (Å²) in [7, 11) is 4.27. The van der Waals surface area contributed by atoms with Gasteiger partial charge < -0.3 is 19.9 Å². The SMILES string of the molecule is CN(C)CCN1CCC(NCc2cccc(OCc3cccc(C#N)c3)c2)CC1. The second-order valence-corrected chi connectivity index (χ2v) is 8.05. The van der Waals surface area contributed by atoms with Crippen molar-refractivity contribution < 1.29 is 4.74 Å². The number of likely N-dealkylation sites (N-methyl/N-ethyl adjacent to an activating group) is 1. The molecule has 0 spiro atoms. The summed E-state index contributed by atoms with van der Waals surface area (Å²) < 4.78 is 5.94. The number of rotatable bonds is 9. The lowest BCUT2D eigenvalue weighted by Crippen LogP contribution is -2.44. The Morgan fingerprint density at radius 3 is 2.62 bits per heavy atom. The molecule has 0 radical (unpaired) electrons. The van der Waals surface area contributed by atoms with Crippen molar-refractivity contribution >= 4 is 0 Å². The van der Waals surface area contributed by atoms with E-state index in [0.29, 0.717) is 18.2 Å². The minimum absolute atomic E-state index is 0.470. The minimum atomic E-state index is 0.470. The first-order valence-electron chi connectivity index (χ1n) is 10.4. The maximum absolute atomic E-state index is 9.01. The first-order valence-corrected chi connectivity index (χ1v) is 10.4. The number of ether oxygens (including phenoxy) is 1. The lowest BCUT2D eigenvalue weighted by atomic mass is 10.0. The molecule has 29 heavy (non-hydrogen) atoms. The Kier molecular flexibility index (Phi) is 8.06. The Labute approximate surface area is 174 Å². The fourth-order valence-corrected chi connectivity index (χ4v) is 3.61. The van der Waals surface area contributed by atoms with E-state index in [4.69, 9.17) is 10.00 Å². The van der Waals surface area contributed by atoms with Crippen LogP contribution in [0.3, 0.4) is 0 Å². The third-order valence-corrected chi connectivity index (χ3v) is 5.41. The van der Waals surface area contributed by atoms with E-state index in [1.807, 2.05) is 36.4 Å². The van der Waals surface area contributed by atoms with Gasteiger partial charge in [-0.3, -0.25) is 0 Å². The molecule has 2 aromatic carbocycles. The second kappa shape index (κ2) is 11.0. The van der Waals surface area contributed by atoms with E-state index in [2.05, 4.69) is 47.4 Å². The van der Waals surface area contributed by atoms with Crippen LogP contribution in [0, 0.1) is 11.3 Å². The molecule has 1 aliphatic heterocycles. The van der Waals surface area contributed by atoms with Gasteiger partial charge in [-0.05, 0) is 75.4 Å². The molecule has 0 aliphatic carbocycles. The molecule has 0 atom stereocenters. The zero-order valence-electron chi connectivity index (χ0n) is 17.6. The van der Waals surface area contributed by atoms with E-state index in [1.165, 1.54) is 31.5 Å². The molecule has 2 aromatic rings. The summed E-state index contributed by atoms with van der Waals surface area (Å²) in [5.74, 6) is 0.866. The van der Waals surface area contributed by atoms with Gasteiger partial charge in [0.25, 0.3) is 0 Å². The highest BCUT2D eigenvalue weighted by Crippen LogP contribution is 2.17. The standard InChI is InChI=1S/C24H32N4O/c1-27(2)13-14-28-11-9-23(10-12-28)26-18-21-6-4-8-24(16-21)29-19-22-7-3-5-20(15-22)17-25/h3-8,15-16,23,26H,9-14,18-19H2,1-2H3. The van der Waals surface area contributed by atoms with Gasteiger partial charge >= 0.3 is 0 Å². The van der Waals surface area contributed by atoms with E-state index in [9.17, 15) is 0 Å². The largest absolute Gasteiger partial charge is 0.489 e. The van der Waals surface area contributed by atoms with Gasteiger partial charge in [-0.15, -0.1) is 0 Å². The van der Waals surface area contributed by atoms with E-state index in [-0.39, 0.29) is 0 Å². The highest BCUT2D eigenvalue weighted by atomic mass is 16.5. The summed E-state index contributed by atoms with van der Waals surface area (Å²) in [5, 5.41) is 12.7. The van der Waals surface area contributed by atoms with Gasteiger partial charge in [0, 0.05) is 25.7 Å². The molecule has 0 bridgehead atoms. The summed E-state index contributed by atoms with van der Waals surface area (Å²) >= 11 is 0. The van der Waals surface area contributed by atoms with Crippen molar-refractivity contribution in [3.63, 3.8) is 0 Å². The maximum Gasteiger partial charge on any atom is 0.120 e. The molecule has 0 unspecified atom stereocenters. The third kappa shape index (κ3) is 7.17. The average molecular weight is 393 g/mol. The Bertz CT molecular complexity index is 807. The zero-order valence-corrected chi connectivity index (χ0v) is 17.6. The van der Waals surface area contributed by atoms with Gasteiger partial charge in [0.1, 0.15) is 12.4 Å². The van der Waals surface area contributed by atoms with E-state index >= 15 is 0 Å². The Morgan fingerprint density at radius 2 is 1.86 bits per heavy atom. The van der Waals surface area contributed by atoms with Crippen LogP contribution in [0.2, 0.25) is 0 Å². The van der Waals surface area contributed by atoms with Crippen molar-refractivity contribution in [2.24, 2.45) is 0 Å². The number of nitrogens with zero attached hydrogens (tertiary/aromatic N) is 3. The van der Waals surface area contributed by atoms with Crippen LogP contribution in [0.25, 0.3) is 0 Å². The molecule has 3 rings (SSSR count). The predicted octanol–water partition coefficient (Wildman–Crippen LogP) is 3.25. The molecule has 1 aliphatic rings. The van der Waals surface area contributed by atoms with Gasteiger partial charge in [-0.2, -0.15) is 5.26 Å². The van der Waals surface area contributed by atoms with Crippen LogP contribution in [0.4, 0.5) is 0 Å². The van der Waals surface area contributed by atoms with Crippen molar-refractivity contribution in [3.05, 3.63) is 65.2 Å². The van der Waals surface area contributed by atoms with Crippen LogP contribution >= 0.6 is 0 Å². The van der Waals surface area contributed by atoms with Crippen LogP contribution in [0.5, 0.6) is 5.75 Å². The number of nitrogens with one attached hydrogen (secondary N) is 1. The summed E-state index contributed by atoms with van der Waals surface area (Å²) in [6, 6.07) is 18.6. The smallest absolute Gasteiger partial charge is 0.120 e. The van der Waals surface area contributed by atoms with Crippen LogP contribution in [0.15, 0.2) is 48.5 Å². The lowest BCUT2D eigenvalue weighted by Gasteiger charge is -2.33. The highest BCUT2D eigenvalue weighted by molar-refractivity contribution is 5.33. The van der Waals surface area contributed by atoms with E-state index in [0.717, 1.165) is 30.9 Å². The maximum atomic E-state index is 9.01. The molecule has 1 heterocycles. The molecular formula is C24H32N4O. The highest BCUT2D eigenvalue weighted by Gasteiger charge is 2.18. The van der Waals surface area contributed by atoms with Crippen molar-refractivity contribution in [3.8, 4) is 11.8 Å². The van der Waals surface area contributed by atoms with Gasteiger partial charge in [0.2, 0.25) is 0 Å². The average Bonchev–Trinajstić information content (AvgIpc) is 2.76. The molecule has 0 saturated carbocycles. The second-order valence-electron chi connectivity index (χ2n) is 8.05. The number of likely N-dealkylation sites (tertiary alicyclic amines) is 1. The molecule has 0 amide bonds. The molecule has 5 nitrogen and oxygen atoms in total.